The van der Waals surface area contributed by atoms with Crippen molar-refractivity contribution in [2.45, 2.75) is 64.5 Å². The molecule has 1 aliphatic heterocycles. The summed E-state index contributed by atoms with van der Waals surface area (Å²) in [4.78, 5) is 32.0. The summed E-state index contributed by atoms with van der Waals surface area (Å²) in [7, 11) is 0. The molecular formula is C25H31N3O2. The molecule has 4 saturated carbocycles. The summed E-state index contributed by atoms with van der Waals surface area (Å²) in [6.07, 6.45) is 7.91. The highest BCUT2D eigenvalue weighted by Gasteiger charge is 2.54. The fourth-order valence-electron chi connectivity index (χ4n) is 7.43. The molecule has 5 nitrogen and oxygen atoms in total. The number of aromatic amines is 1. The van der Waals surface area contributed by atoms with Gasteiger partial charge in [-0.2, -0.15) is 0 Å². The van der Waals surface area contributed by atoms with E-state index in [-0.39, 0.29) is 17.2 Å². The van der Waals surface area contributed by atoms with Crippen LogP contribution in [0.1, 0.15) is 56.7 Å². The number of H-pyrrole nitrogens is 1. The summed E-state index contributed by atoms with van der Waals surface area (Å²) in [5.74, 6) is 2.39. The van der Waals surface area contributed by atoms with E-state index in [1.165, 1.54) is 35.9 Å². The Morgan fingerprint density at radius 3 is 2.47 bits per heavy atom. The molecule has 0 radical (unpaired) electrons. The maximum atomic E-state index is 13.3. The normalized spacial score (nSPS) is 32.8. The Morgan fingerprint density at radius 1 is 1.10 bits per heavy atom. The van der Waals surface area contributed by atoms with Gasteiger partial charge in [-0.25, -0.2) is 0 Å². The minimum absolute atomic E-state index is 0.0454. The maximum Gasteiger partial charge on any atom is 0.245 e. The summed E-state index contributed by atoms with van der Waals surface area (Å²) in [5, 5.41) is 4.35. The lowest BCUT2D eigenvalue weighted by Gasteiger charge is -2.55. The van der Waals surface area contributed by atoms with Crippen LogP contribution in [0.3, 0.4) is 0 Å². The van der Waals surface area contributed by atoms with Gasteiger partial charge in [0.2, 0.25) is 11.8 Å². The van der Waals surface area contributed by atoms with E-state index >= 15 is 0 Å². The van der Waals surface area contributed by atoms with Crippen LogP contribution in [-0.4, -0.2) is 34.3 Å². The van der Waals surface area contributed by atoms with Crippen LogP contribution in [0.4, 0.5) is 0 Å². The molecule has 1 aromatic carbocycles. The number of carbonyl (C=O) groups is 2. The smallest absolute Gasteiger partial charge is 0.245 e. The highest BCUT2D eigenvalue weighted by Crippen LogP contribution is 2.60. The number of hydrogen-bond donors (Lipinski definition) is 2. The molecule has 2 amide bonds. The second-order valence-corrected chi connectivity index (χ2v) is 10.5. The van der Waals surface area contributed by atoms with Crippen LogP contribution >= 0.6 is 0 Å². The quantitative estimate of drug-likeness (QED) is 0.816. The highest BCUT2D eigenvalue weighted by atomic mass is 16.2. The number of aromatic nitrogens is 1. The lowest BCUT2D eigenvalue weighted by Crippen LogP contribution is -2.57. The summed E-state index contributed by atoms with van der Waals surface area (Å²) < 4.78 is 0. The van der Waals surface area contributed by atoms with E-state index in [4.69, 9.17) is 0 Å². The molecule has 7 rings (SSSR count). The molecule has 158 valence electrons. The van der Waals surface area contributed by atoms with Crippen LogP contribution in [0.25, 0.3) is 10.9 Å². The second-order valence-electron chi connectivity index (χ2n) is 10.5. The number of rotatable bonds is 3. The number of nitrogens with one attached hydrogen (secondary N) is 2. The Kier molecular flexibility index (Phi) is 4.06. The summed E-state index contributed by atoms with van der Waals surface area (Å²) >= 11 is 0. The first-order valence-corrected chi connectivity index (χ1v) is 11.7. The standard InChI is InChI=1S/C25H31N3O2/c1-15(26-24(30)25-11-16-8-17(12-25)10-18(9-16)13-25)23(29)28-7-6-22-20(14-28)19-4-2-3-5-21(19)27-22/h2-5,15-18,27H,6-14H2,1H3,(H,26,30)/t15-,16?,17?,18?,25?/m0/s1. The van der Waals surface area contributed by atoms with E-state index in [0.29, 0.717) is 13.1 Å². The molecule has 4 fully saturated rings. The predicted octanol–water partition coefficient (Wildman–Crippen LogP) is 3.77. The van der Waals surface area contributed by atoms with Crippen LogP contribution < -0.4 is 5.32 Å². The van der Waals surface area contributed by atoms with Gasteiger partial charge in [0, 0.05) is 47.1 Å². The van der Waals surface area contributed by atoms with E-state index in [1.54, 1.807) is 0 Å². The molecule has 0 saturated heterocycles. The fourth-order valence-corrected chi connectivity index (χ4v) is 7.43. The largest absolute Gasteiger partial charge is 0.358 e. The lowest BCUT2D eigenvalue weighted by atomic mass is 9.49. The number of amides is 2. The van der Waals surface area contributed by atoms with E-state index < -0.39 is 6.04 Å². The number of fused-ring (bicyclic) bond motifs is 3. The van der Waals surface area contributed by atoms with Crippen molar-refractivity contribution in [1.82, 2.24) is 15.2 Å². The molecule has 2 heterocycles. The summed E-state index contributed by atoms with van der Waals surface area (Å²) in [6.45, 7) is 3.19. The van der Waals surface area contributed by atoms with E-state index in [1.807, 2.05) is 24.0 Å². The van der Waals surface area contributed by atoms with Crippen molar-refractivity contribution in [2.75, 3.05) is 6.54 Å². The molecular weight excluding hydrogens is 374 g/mol. The predicted molar refractivity (Wildman–Crippen MR) is 116 cm³/mol. The Balaban J connectivity index is 1.16. The number of nitrogens with zero attached hydrogens (tertiary/aromatic N) is 1. The van der Waals surface area contributed by atoms with E-state index in [9.17, 15) is 9.59 Å². The zero-order valence-corrected chi connectivity index (χ0v) is 17.7. The molecule has 2 aromatic rings. The third kappa shape index (κ3) is 2.81. The van der Waals surface area contributed by atoms with Crippen molar-refractivity contribution < 1.29 is 9.59 Å². The molecule has 4 aliphatic carbocycles. The van der Waals surface area contributed by atoms with Gasteiger partial charge in [-0.15, -0.1) is 0 Å². The summed E-state index contributed by atoms with van der Waals surface area (Å²) in [5.41, 5.74) is 3.41. The molecule has 2 N–H and O–H groups in total. The third-order valence-electron chi connectivity index (χ3n) is 8.43. The maximum absolute atomic E-state index is 13.3. The van der Waals surface area contributed by atoms with Gasteiger partial charge in [-0.05, 0) is 69.3 Å². The van der Waals surface area contributed by atoms with Gasteiger partial charge in [-0.3, -0.25) is 9.59 Å². The third-order valence-corrected chi connectivity index (χ3v) is 8.43. The van der Waals surface area contributed by atoms with Crippen molar-refractivity contribution in [3.05, 3.63) is 35.5 Å². The number of para-hydroxylation sites is 1. The lowest BCUT2D eigenvalue weighted by molar-refractivity contribution is -0.149. The monoisotopic (exact) mass is 405 g/mol. The Hall–Kier alpha value is -2.30. The van der Waals surface area contributed by atoms with Gasteiger partial charge >= 0.3 is 0 Å². The highest BCUT2D eigenvalue weighted by molar-refractivity contribution is 5.91. The molecule has 5 aliphatic rings. The zero-order chi connectivity index (χ0) is 20.5. The number of benzene rings is 1. The second kappa shape index (κ2) is 6.60. The van der Waals surface area contributed by atoms with Gasteiger partial charge in [0.1, 0.15) is 6.04 Å². The van der Waals surface area contributed by atoms with E-state index in [2.05, 4.69) is 22.4 Å². The van der Waals surface area contributed by atoms with Crippen molar-refractivity contribution in [2.24, 2.45) is 23.2 Å². The molecule has 0 spiro atoms. The van der Waals surface area contributed by atoms with Crippen molar-refractivity contribution in [3.8, 4) is 0 Å². The van der Waals surface area contributed by atoms with Gasteiger partial charge in [0.05, 0.1) is 0 Å². The Morgan fingerprint density at radius 2 is 1.77 bits per heavy atom. The number of hydrogen-bond acceptors (Lipinski definition) is 2. The molecule has 1 aromatic heterocycles. The van der Waals surface area contributed by atoms with Crippen LogP contribution in [0.15, 0.2) is 24.3 Å². The molecule has 1 atom stereocenters. The Labute approximate surface area is 177 Å². The fraction of sp³-hybridized carbons (Fsp3) is 0.600. The SMILES string of the molecule is C[C@H](NC(=O)C12CC3CC(CC(C3)C1)C2)C(=O)N1CCc2[nH]c3ccccc3c2C1. The molecule has 0 unspecified atom stereocenters. The van der Waals surface area contributed by atoms with Crippen molar-refractivity contribution >= 4 is 22.7 Å². The van der Waals surface area contributed by atoms with Gasteiger partial charge < -0.3 is 15.2 Å². The van der Waals surface area contributed by atoms with Crippen LogP contribution in [0.5, 0.6) is 0 Å². The summed E-state index contributed by atoms with van der Waals surface area (Å²) in [6, 6.07) is 7.84. The molecule has 4 bridgehead atoms. The van der Waals surface area contributed by atoms with E-state index in [0.717, 1.165) is 49.0 Å². The Bertz CT molecular complexity index is 987. The van der Waals surface area contributed by atoms with Crippen molar-refractivity contribution in [1.29, 1.82) is 0 Å². The van der Waals surface area contributed by atoms with Crippen LogP contribution in [0, 0.1) is 23.2 Å². The molecule has 5 heteroatoms. The topological polar surface area (TPSA) is 65.2 Å². The van der Waals surface area contributed by atoms with Crippen molar-refractivity contribution in [3.63, 3.8) is 0 Å². The van der Waals surface area contributed by atoms with Crippen LogP contribution in [-0.2, 0) is 22.6 Å². The van der Waals surface area contributed by atoms with Crippen LogP contribution in [0.2, 0.25) is 0 Å². The van der Waals surface area contributed by atoms with Gasteiger partial charge in [0.15, 0.2) is 0 Å². The first-order valence-electron chi connectivity index (χ1n) is 11.7. The zero-order valence-electron chi connectivity index (χ0n) is 17.7. The minimum Gasteiger partial charge on any atom is -0.358 e. The number of carbonyl (C=O) groups excluding carboxylic acids is 2. The van der Waals surface area contributed by atoms with Gasteiger partial charge in [-0.1, -0.05) is 18.2 Å². The first kappa shape index (κ1) is 18.5. The van der Waals surface area contributed by atoms with Gasteiger partial charge in [0.25, 0.3) is 0 Å². The average molecular weight is 406 g/mol. The minimum atomic E-state index is -0.461. The molecule has 30 heavy (non-hydrogen) atoms. The first-order chi connectivity index (χ1) is 14.5. The average Bonchev–Trinajstić information content (AvgIpc) is 3.10.